The summed E-state index contributed by atoms with van der Waals surface area (Å²) < 4.78 is 11.0. The molecule has 2 aromatic rings. The fourth-order valence-corrected chi connectivity index (χ4v) is 3.08. The number of nitrogens with zero attached hydrogens (tertiary/aromatic N) is 1. The Morgan fingerprint density at radius 2 is 2.24 bits per heavy atom. The Hall–Kier alpha value is -2.34. The quantitative estimate of drug-likeness (QED) is 0.808. The summed E-state index contributed by atoms with van der Waals surface area (Å²) in [5.41, 5.74) is 2.28. The number of rotatable bonds is 7. The van der Waals surface area contributed by atoms with E-state index in [1.807, 2.05) is 32.0 Å². The molecule has 1 saturated heterocycles. The number of nitrogens with one attached hydrogen (secondary N) is 2. The first kappa shape index (κ1) is 17.5. The summed E-state index contributed by atoms with van der Waals surface area (Å²) in [6.45, 7) is 6.88. The molecule has 6 heteroatoms. The molecule has 1 aliphatic rings. The van der Waals surface area contributed by atoms with Gasteiger partial charge in [0.2, 0.25) is 0 Å². The van der Waals surface area contributed by atoms with Crippen LogP contribution in [0.4, 0.5) is 0 Å². The number of amides is 1. The summed E-state index contributed by atoms with van der Waals surface area (Å²) in [5, 5.41) is 10.3. The smallest absolute Gasteiger partial charge is 0.255 e. The molecule has 1 fully saturated rings. The third-order valence-corrected chi connectivity index (χ3v) is 4.69. The molecule has 0 bridgehead atoms. The van der Waals surface area contributed by atoms with Crippen LogP contribution < -0.4 is 15.4 Å². The first-order chi connectivity index (χ1) is 12.1. The standard InChI is InChI=1S/C19H25N3O3/c1-13-17(14(2)25-22-13)12-24-18-6-4-3-5-16(18)19(23)21-10-8-15-7-9-20-11-15/h3-6,15,20H,7-12H2,1-2H3,(H,21,23). The minimum atomic E-state index is -0.0969. The third-order valence-electron chi connectivity index (χ3n) is 4.69. The third kappa shape index (κ3) is 4.39. The van der Waals surface area contributed by atoms with E-state index in [1.54, 1.807) is 6.07 Å². The average molecular weight is 343 g/mol. The topological polar surface area (TPSA) is 76.4 Å². The van der Waals surface area contributed by atoms with Crippen LogP contribution in [0.2, 0.25) is 0 Å². The van der Waals surface area contributed by atoms with Crippen LogP contribution in [0.3, 0.4) is 0 Å². The molecule has 1 aromatic carbocycles. The van der Waals surface area contributed by atoms with Crippen LogP contribution in [0.25, 0.3) is 0 Å². The Morgan fingerprint density at radius 1 is 1.40 bits per heavy atom. The number of carbonyl (C=O) groups excluding carboxylic acids is 1. The van der Waals surface area contributed by atoms with Gasteiger partial charge in [-0.2, -0.15) is 0 Å². The van der Waals surface area contributed by atoms with Crippen molar-refractivity contribution in [2.75, 3.05) is 19.6 Å². The Kier molecular flexibility index (Phi) is 5.71. The van der Waals surface area contributed by atoms with E-state index in [2.05, 4.69) is 15.8 Å². The molecule has 6 nitrogen and oxygen atoms in total. The molecule has 134 valence electrons. The maximum atomic E-state index is 12.5. The Balaban J connectivity index is 1.58. The highest BCUT2D eigenvalue weighted by atomic mass is 16.5. The summed E-state index contributed by atoms with van der Waals surface area (Å²) in [6.07, 6.45) is 2.19. The van der Waals surface area contributed by atoms with E-state index in [-0.39, 0.29) is 5.91 Å². The van der Waals surface area contributed by atoms with E-state index in [4.69, 9.17) is 9.26 Å². The highest BCUT2D eigenvalue weighted by Crippen LogP contribution is 2.21. The van der Waals surface area contributed by atoms with Crippen molar-refractivity contribution >= 4 is 5.91 Å². The zero-order valence-corrected chi connectivity index (χ0v) is 14.8. The van der Waals surface area contributed by atoms with Crippen LogP contribution in [-0.4, -0.2) is 30.7 Å². The molecule has 1 aromatic heterocycles. The Morgan fingerprint density at radius 3 is 2.96 bits per heavy atom. The number of hydrogen-bond acceptors (Lipinski definition) is 5. The van der Waals surface area contributed by atoms with Crippen molar-refractivity contribution < 1.29 is 14.1 Å². The molecular weight excluding hydrogens is 318 g/mol. The van der Waals surface area contributed by atoms with Gasteiger partial charge in [-0.25, -0.2) is 0 Å². The summed E-state index contributed by atoms with van der Waals surface area (Å²) in [5.74, 6) is 1.87. The number of carbonyl (C=O) groups is 1. The molecule has 1 unspecified atom stereocenters. The predicted molar refractivity (Wildman–Crippen MR) is 94.7 cm³/mol. The summed E-state index contributed by atoms with van der Waals surface area (Å²) >= 11 is 0. The van der Waals surface area contributed by atoms with Gasteiger partial charge in [0.25, 0.3) is 5.91 Å². The lowest BCUT2D eigenvalue weighted by Crippen LogP contribution is -2.26. The van der Waals surface area contributed by atoms with E-state index in [0.717, 1.165) is 36.5 Å². The van der Waals surface area contributed by atoms with Gasteiger partial charge in [-0.05, 0) is 57.8 Å². The molecule has 0 spiro atoms. The number of hydrogen-bond donors (Lipinski definition) is 2. The van der Waals surface area contributed by atoms with E-state index in [9.17, 15) is 4.79 Å². The molecule has 0 saturated carbocycles. The number of aryl methyl sites for hydroxylation is 2. The molecule has 1 aliphatic heterocycles. The molecule has 25 heavy (non-hydrogen) atoms. The van der Waals surface area contributed by atoms with Gasteiger partial charge in [-0.3, -0.25) is 4.79 Å². The van der Waals surface area contributed by atoms with Crippen molar-refractivity contribution in [3.8, 4) is 5.75 Å². The van der Waals surface area contributed by atoms with Crippen LogP contribution in [0.5, 0.6) is 5.75 Å². The lowest BCUT2D eigenvalue weighted by Gasteiger charge is -2.13. The number of benzene rings is 1. The van der Waals surface area contributed by atoms with Crippen molar-refractivity contribution in [1.29, 1.82) is 0 Å². The van der Waals surface area contributed by atoms with E-state index >= 15 is 0 Å². The zero-order chi connectivity index (χ0) is 17.6. The summed E-state index contributed by atoms with van der Waals surface area (Å²) in [6, 6.07) is 7.31. The zero-order valence-electron chi connectivity index (χ0n) is 14.8. The van der Waals surface area contributed by atoms with Crippen LogP contribution in [0.15, 0.2) is 28.8 Å². The van der Waals surface area contributed by atoms with E-state index < -0.39 is 0 Å². The average Bonchev–Trinajstić information content (AvgIpc) is 3.24. The molecule has 0 aliphatic carbocycles. The largest absolute Gasteiger partial charge is 0.488 e. The lowest BCUT2D eigenvalue weighted by molar-refractivity contribution is 0.0947. The van der Waals surface area contributed by atoms with Crippen LogP contribution in [0, 0.1) is 19.8 Å². The minimum absolute atomic E-state index is 0.0969. The van der Waals surface area contributed by atoms with Crippen molar-refractivity contribution in [3.05, 3.63) is 46.8 Å². The van der Waals surface area contributed by atoms with Crippen molar-refractivity contribution in [1.82, 2.24) is 15.8 Å². The van der Waals surface area contributed by atoms with Crippen molar-refractivity contribution in [2.24, 2.45) is 5.92 Å². The lowest BCUT2D eigenvalue weighted by atomic mass is 10.1. The maximum absolute atomic E-state index is 12.5. The van der Waals surface area contributed by atoms with Gasteiger partial charge in [-0.15, -0.1) is 0 Å². The number of para-hydroxylation sites is 1. The highest BCUT2D eigenvalue weighted by molar-refractivity contribution is 5.96. The SMILES string of the molecule is Cc1noc(C)c1COc1ccccc1C(=O)NCCC1CCNC1. The second kappa shape index (κ2) is 8.16. The summed E-state index contributed by atoms with van der Waals surface area (Å²) in [4.78, 5) is 12.5. The molecule has 2 N–H and O–H groups in total. The van der Waals surface area contributed by atoms with Gasteiger partial charge in [0, 0.05) is 6.54 Å². The molecule has 2 heterocycles. The fourth-order valence-electron chi connectivity index (χ4n) is 3.08. The van der Waals surface area contributed by atoms with Crippen molar-refractivity contribution in [2.45, 2.75) is 33.3 Å². The van der Waals surface area contributed by atoms with Gasteiger partial charge >= 0.3 is 0 Å². The van der Waals surface area contributed by atoms with Crippen LogP contribution >= 0.6 is 0 Å². The molecule has 1 atom stereocenters. The fraction of sp³-hybridized carbons (Fsp3) is 0.474. The molecule has 1 amide bonds. The first-order valence-electron chi connectivity index (χ1n) is 8.77. The minimum Gasteiger partial charge on any atom is -0.488 e. The monoisotopic (exact) mass is 343 g/mol. The molecule has 0 radical (unpaired) electrons. The normalized spacial score (nSPS) is 16.8. The van der Waals surface area contributed by atoms with Gasteiger partial charge in [-0.1, -0.05) is 17.3 Å². The van der Waals surface area contributed by atoms with E-state index in [0.29, 0.717) is 30.4 Å². The van der Waals surface area contributed by atoms with Gasteiger partial charge in [0.15, 0.2) is 0 Å². The summed E-state index contributed by atoms with van der Waals surface area (Å²) in [7, 11) is 0. The predicted octanol–water partition coefficient (Wildman–Crippen LogP) is 2.60. The van der Waals surface area contributed by atoms with Crippen molar-refractivity contribution in [3.63, 3.8) is 0 Å². The first-order valence-corrected chi connectivity index (χ1v) is 8.77. The maximum Gasteiger partial charge on any atom is 0.255 e. The number of ether oxygens (including phenoxy) is 1. The second-order valence-electron chi connectivity index (χ2n) is 6.49. The van der Waals surface area contributed by atoms with E-state index in [1.165, 1.54) is 6.42 Å². The highest BCUT2D eigenvalue weighted by Gasteiger charge is 2.17. The Labute approximate surface area is 147 Å². The van der Waals surface area contributed by atoms with Crippen LogP contribution in [-0.2, 0) is 6.61 Å². The van der Waals surface area contributed by atoms with Gasteiger partial charge in [0.1, 0.15) is 18.1 Å². The molecular formula is C19H25N3O3. The number of aromatic nitrogens is 1. The van der Waals surface area contributed by atoms with Gasteiger partial charge in [0.05, 0.1) is 16.8 Å². The Bertz CT molecular complexity index is 701. The second-order valence-corrected chi connectivity index (χ2v) is 6.49. The van der Waals surface area contributed by atoms with Crippen LogP contribution in [0.1, 0.15) is 40.2 Å². The van der Waals surface area contributed by atoms with Gasteiger partial charge < -0.3 is 19.9 Å². The molecule has 3 rings (SSSR count).